The van der Waals surface area contributed by atoms with Crippen LogP contribution in [0.4, 0.5) is 0 Å². The van der Waals surface area contributed by atoms with Crippen molar-refractivity contribution in [3.05, 3.63) is 33.0 Å². The maximum Gasteiger partial charge on any atom is 0.0593 e. The summed E-state index contributed by atoms with van der Waals surface area (Å²) in [6.07, 6.45) is 2.01. The lowest BCUT2D eigenvalue weighted by Gasteiger charge is -2.04. The minimum Gasteiger partial charge on any atom is -0.320 e. The lowest BCUT2D eigenvalue weighted by Crippen LogP contribution is -2.05. The first-order valence-electron chi connectivity index (χ1n) is 3.74. The second-order valence-electron chi connectivity index (χ2n) is 2.90. The highest BCUT2D eigenvalue weighted by Crippen LogP contribution is 2.28. The zero-order chi connectivity index (χ0) is 9.14. The standard InChI is InChI=1S/C9H12ClNS/c1-6(2)5-8(11)9-7(10)3-4-12-9/h3-5,8H,11H2,1-2H3. The van der Waals surface area contributed by atoms with E-state index in [-0.39, 0.29) is 6.04 Å². The van der Waals surface area contributed by atoms with Crippen molar-refractivity contribution in [2.75, 3.05) is 0 Å². The van der Waals surface area contributed by atoms with Gasteiger partial charge in [-0.1, -0.05) is 23.3 Å². The van der Waals surface area contributed by atoms with Gasteiger partial charge in [-0.3, -0.25) is 0 Å². The predicted octanol–water partition coefficient (Wildman–Crippen LogP) is 3.37. The Balaban J connectivity index is 2.85. The number of allylic oxidation sites excluding steroid dienone is 1. The van der Waals surface area contributed by atoms with Crippen LogP contribution in [0.2, 0.25) is 5.02 Å². The van der Waals surface area contributed by atoms with Gasteiger partial charge in [-0.05, 0) is 25.3 Å². The molecule has 12 heavy (non-hydrogen) atoms. The van der Waals surface area contributed by atoms with E-state index >= 15 is 0 Å². The molecule has 0 aromatic carbocycles. The zero-order valence-electron chi connectivity index (χ0n) is 7.17. The van der Waals surface area contributed by atoms with Gasteiger partial charge >= 0.3 is 0 Å². The summed E-state index contributed by atoms with van der Waals surface area (Å²) in [5.41, 5.74) is 7.11. The topological polar surface area (TPSA) is 26.0 Å². The highest BCUT2D eigenvalue weighted by atomic mass is 35.5. The second kappa shape index (κ2) is 4.08. The van der Waals surface area contributed by atoms with Crippen molar-refractivity contribution >= 4 is 22.9 Å². The second-order valence-corrected chi connectivity index (χ2v) is 4.26. The molecule has 66 valence electrons. The number of halogens is 1. The van der Waals surface area contributed by atoms with Gasteiger partial charge < -0.3 is 5.73 Å². The maximum atomic E-state index is 5.92. The van der Waals surface area contributed by atoms with Crippen molar-refractivity contribution in [3.63, 3.8) is 0 Å². The monoisotopic (exact) mass is 201 g/mol. The first kappa shape index (κ1) is 9.78. The minimum atomic E-state index is -0.0532. The molecule has 0 spiro atoms. The van der Waals surface area contributed by atoms with Crippen LogP contribution >= 0.6 is 22.9 Å². The molecule has 0 radical (unpaired) electrons. The molecule has 1 atom stereocenters. The van der Waals surface area contributed by atoms with E-state index in [2.05, 4.69) is 0 Å². The molecule has 2 N–H and O–H groups in total. The van der Waals surface area contributed by atoms with E-state index < -0.39 is 0 Å². The lowest BCUT2D eigenvalue weighted by atomic mass is 10.2. The summed E-state index contributed by atoms with van der Waals surface area (Å²) in [6, 6.07) is 1.82. The summed E-state index contributed by atoms with van der Waals surface area (Å²) in [5, 5.41) is 2.72. The molecular formula is C9H12ClNS. The van der Waals surface area contributed by atoms with Crippen LogP contribution in [0.15, 0.2) is 23.1 Å². The minimum absolute atomic E-state index is 0.0532. The molecule has 0 aliphatic carbocycles. The quantitative estimate of drug-likeness (QED) is 0.730. The maximum absolute atomic E-state index is 5.92. The molecule has 1 rings (SSSR count). The fraction of sp³-hybridized carbons (Fsp3) is 0.333. The van der Waals surface area contributed by atoms with Gasteiger partial charge in [-0.25, -0.2) is 0 Å². The van der Waals surface area contributed by atoms with Crippen LogP contribution in [0, 0.1) is 0 Å². The van der Waals surface area contributed by atoms with Crippen molar-refractivity contribution < 1.29 is 0 Å². The molecule has 1 aromatic heterocycles. The largest absolute Gasteiger partial charge is 0.320 e. The molecule has 0 aliphatic rings. The molecule has 1 nitrogen and oxygen atoms in total. The molecule has 1 heterocycles. The summed E-state index contributed by atoms with van der Waals surface area (Å²) in [5.74, 6) is 0. The molecular weight excluding hydrogens is 190 g/mol. The normalized spacial score (nSPS) is 12.7. The fourth-order valence-corrected chi connectivity index (χ4v) is 2.13. The predicted molar refractivity (Wildman–Crippen MR) is 55.7 cm³/mol. The van der Waals surface area contributed by atoms with E-state index in [1.54, 1.807) is 11.3 Å². The third-order valence-electron chi connectivity index (χ3n) is 1.46. The molecule has 0 amide bonds. The molecule has 0 saturated heterocycles. The lowest BCUT2D eigenvalue weighted by molar-refractivity contribution is 0.923. The average Bonchev–Trinajstić information content (AvgIpc) is 2.33. The van der Waals surface area contributed by atoms with Crippen molar-refractivity contribution in [3.8, 4) is 0 Å². The van der Waals surface area contributed by atoms with Crippen LogP contribution < -0.4 is 5.73 Å². The summed E-state index contributed by atoms with van der Waals surface area (Å²) in [6.45, 7) is 4.06. The van der Waals surface area contributed by atoms with Gasteiger partial charge in [0.15, 0.2) is 0 Å². The third kappa shape index (κ3) is 2.34. The molecule has 0 aliphatic heterocycles. The van der Waals surface area contributed by atoms with Gasteiger partial charge in [-0.2, -0.15) is 0 Å². The Labute approximate surface area is 81.9 Å². The van der Waals surface area contributed by atoms with E-state index in [9.17, 15) is 0 Å². The summed E-state index contributed by atoms with van der Waals surface area (Å²) < 4.78 is 0. The third-order valence-corrected chi connectivity index (χ3v) is 2.92. The number of rotatable bonds is 2. The highest BCUT2D eigenvalue weighted by Gasteiger charge is 2.07. The Kier molecular flexibility index (Phi) is 3.32. The van der Waals surface area contributed by atoms with Crippen LogP contribution in [-0.4, -0.2) is 0 Å². The number of thiophene rings is 1. The Bertz CT molecular complexity index is 286. The van der Waals surface area contributed by atoms with Gasteiger partial charge in [0.05, 0.1) is 11.1 Å². The molecule has 0 bridgehead atoms. The molecule has 1 unspecified atom stereocenters. The van der Waals surface area contributed by atoms with Crippen LogP contribution in [-0.2, 0) is 0 Å². The van der Waals surface area contributed by atoms with Crippen molar-refractivity contribution in [1.29, 1.82) is 0 Å². The van der Waals surface area contributed by atoms with E-state index in [1.807, 2.05) is 31.4 Å². The Hall–Kier alpha value is -0.310. The van der Waals surface area contributed by atoms with Gasteiger partial charge in [0.25, 0.3) is 0 Å². The molecule has 0 fully saturated rings. The van der Waals surface area contributed by atoms with Gasteiger partial charge in [0.2, 0.25) is 0 Å². The van der Waals surface area contributed by atoms with Gasteiger partial charge in [0, 0.05) is 4.88 Å². The molecule has 3 heteroatoms. The van der Waals surface area contributed by atoms with E-state index in [0.29, 0.717) is 0 Å². The van der Waals surface area contributed by atoms with Crippen LogP contribution in [0.3, 0.4) is 0 Å². The fourth-order valence-electron chi connectivity index (χ4n) is 0.978. The zero-order valence-corrected chi connectivity index (χ0v) is 8.75. The molecule has 1 aromatic rings. The highest BCUT2D eigenvalue weighted by molar-refractivity contribution is 7.10. The van der Waals surface area contributed by atoms with E-state index in [4.69, 9.17) is 17.3 Å². The smallest absolute Gasteiger partial charge is 0.0593 e. The Morgan fingerprint density at radius 3 is 2.75 bits per heavy atom. The summed E-state index contributed by atoms with van der Waals surface area (Å²) >= 11 is 7.52. The number of nitrogens with two attached hydrogens (primary N) is 1. The SMILES string of the molecule is CC(C)=CC(N)c1sccc1Cl. The first-order valence-corrected chi connectivity index (χ1v) is 5.00. The van der Waals surface area contributed by atoms with Crippen molar-refractivity contribution in [1.82, 2.24) is 0 Å². The summed E-state index contributed by atoms with van der Waals surface area (Å²) in [4.78, 5) is 1.04. The first-order chi connectivity index (χ1) is 5.61. The van der Waals surface area contributed by atoms with Crippen LogP contribution in [0.5, 0.6) is 0 Å². The summed E-state index contributed by atoms with van der Waals surface area (Å²) in [7, 11) is 0. The van der Waals surface area contributed by atoms with Crippen molar-refractivity contribution in [2.45, 2.75) is 19.9 Å². The van der Waals surface area contributed by atoms with Gasteiger partial charge in [0.1, 0.15) is 0 Å². The molecule has 0 saturated carbocycles. The van der Waals surface area contributed by atoms with E-state index in [0.717, 1.165) is 9.90 Å². The van der Waals surface area contributed by atoms with Gasteiger partial charge in [-0.15, -0.1) is 11.3 Å². The Morgan fingerprint density at radius 1 is 1.67 bits per heavy atom. The Morgan fingerprint density at radius 2 is 2.33 bits per heavy atom. The van der Waals surface area contributed by atoms with Crippen LogP contribution in [0.25, 0.3) is 0 Å². The van der Waals surface area contributed by atoms with Crippen LogP contribution in [0.1, 0.15) is 24.8 Å². The number of hydrogen-bond acceptors (Lipinski definition) is 2. The van der Waals surface area contributed by atoms with E-state index in [1.165, 1.54) is 5.57 Å². The van der Waals surface area contributed by atoms with Crippen molar-refractivity contribution in [2.24, 2.45) is 5.73 Å². The number of hydrogen-bond donors (Lipinski definition) is 1. The average molecular weight is 202 g/mol.